The van der Waals surface area contributed by atoms with Gasteiger partial charge in [0.15, 0.2) is 16.6 Å². The van der Waals surface area contributed by atoms with Gasteiger partial charge in [-0.15, -0.1) is 0 Å². The summed E-state index contributed by atoms with van der Waals surface area (Å²) in [6, 6.07) is 17.4. The van der Waals surface area contributed by atoms with Crippen LogP contribution in [0.2, 0.25) is 0 Å². The number of aryl methyl sites for hydroxylation is 1. The molecule has 0 saturated carbocycles. The first kappa shape index (κ1) is 30.7. The topological polar surface area (TPSA) is 106 Å². The number of rotatable bonds is 11. The third-order valence-corrected chi connectivity index (χ3v) is 7.59. The Hall–Kier alpha value is -4.22. The van der Waals surface area contributed by atoms with Gasteiger partial charge < -0.3 is 24.2 Å². The van der Waals surface area contributed by atoms with E-state index in [1.807, 2.05) is 38.1 Å². The third kappa shape index (κ3) is 6.80. The highest BCUT2D eigenvalue weighted by Crippen LogP contribution is 2.37. The summed E-state index contributed by atoms with van der Waals surface area (Å²) >= 11 is 9.23. The van der Waals surface area contributed by atoms with Crippen molar-refractivity contribution in [3.05, 3.63) is 93.1 Å². The van der Waals surface area contributed by atoms with E-state index in [0.29, 0.717) is 33.8 Å². The fourth-order valence-corrected chi connectivity index (χ4v) is 5.02. The van der Waals surface area contributed by atoms with Crippen molar-refractivity contribution in [1.29, 1.82) is 0 Å². The summed E-state index contributed by atoms with van der Waals surface area (Å²) < 4.78 is 17.3. The maximum atomic E-state index is 13.7. The van der Waals surface area contributed by atoms with Crippen LogP contribution in [0.1, 0.15) is 40.9 Å². The van der Waals surface area contributed by atoms with Crippen LogP contribution in [0.4, 0.5) is 5.69 Å². The highest BCUT2D eigenvalue weighted by molar-refractivity contribution is 9.10. The Morgan fingerprint density at radius 3 is 2.21 bits per heavy atom. The predicted molar refractivity (Wildman–Crippen MR) is 166 cm³/mol. The summed E-state index contributed by atoms with van der Waals surface area (Å²) in [5, 5.41) is 9.28. The number of hydrogen-bond donors (Lipinski definition) is 1. The molecule has 1 N–H and O–H groups in total. The number of amides is 1. The monoisotopic (exact) mass is 652 g/mol. The molecule has 218 valence electrons. The molecule has 0 unspecified atom stereocenters. The first-order chi connectivity index (χ1) is 20.2. The number of ether oxygens (including phenoxy) is 3. The molecule has 1 fully saturated rings. The van der Waals surface area contributed by atoms with Gasteiger partial charge in [0, 0.05) is 4.47 Å². The molecule has 11 heteroatoms. The maximum absolute atomic E-state index is 13.7. The van der Waals surface area contributed by atoms with E-state index in [1.165, 1.54) is 29.0 Å². The van der Waals surface area contributed by atoms with Crippen molar-refractivity contribution >= 4 is 62.9 Å². The number of esters is 1. The number of hydrogen-bond acceptors (Lipinski definition) is 7. The van der Waals surface area contributed by atoms with Gasteiger partial charge in [-0.25, -0.2) is 4.79 Å². The van der Waals surface area contributed by atoms with Gasteiger partial charge >= 0.3 is 11.9 Å². The maximum Gasteiger partial charge on any atom is 0.335 e. The van der Waals surface area contributed by atoms with E-state index in [4.69, 9.17) is 31.5 Å². The quantitative estimate of drug-likeness (QED) is 0.155. The lowest BCUT2D eigenvalue weighted by Gasteiger charge is -2.19. The SMILES string of the molecule is CCOc1cc(/C=C2/C(=O)N(c3ccc(CC)cc3)C(=S)N2CC(=O)OC)c(Br)cc1OCc1ccc(C(=O)O)cc1. The number of halogens is 1. The number of nitrogens with zero attached hydrogens (tertiary/aromatic N) is 2. The molecule has 4 rings (SSSR count). The van der Waals surface area contributed by atoms with Crippen LogP contribution in [0.15, 0.2) is 70.8 Å². The molecule has 0 bridgehead atoms. The van der Waals surface area contributed by atoms with Gasteiger partial charge in [-0.05, 0) is 84.7 Å². The molecule has 1 saturated heterocycles. The Labute approximate surface area is 257 Å². The van der Waals surface area contributed by atoms with Crippen molar-refractivity contribution in [2.45, 2.75) is 26.9 Å². The van der Waals surface area contributed by atoms with Crippen molar-refractivity contribution in [1.82, 2.24) is 4.90 Å². The number of carboxylic acid groups (broad SMARTS) is 1. The van der Waals surface area contributed by atoms with Crippen LogP contribution in [0, 0.1) is 0 Å². The van der Waals surface area contributed by atoms with E-state index < -0.39 is 11.9 Å². The van der Waals surface area contributed by atoms with Crippen molar-refractivity contribution in [3.8, 4) is 11.5 Å². The highest BCUT2D eigenvalue weighted by Gasteiger charge is 2.40. The van der Waals surface area contributed by atoms with E-state index in [1.54, 1.807) is 30.3 Å². The smallest absolute Gasteiger partial charge is 0.335 e. The molecule has 0 aliphatic carbocycles. The largest absolute Gasteiger partial charge is 0.490 e. The second kappa shape index (κ2) is 13.6. The molecule has 3 aromatic rings. The Balaban J connectivity index is 1.68. The number of carbonyl (C=O) groups excluding carboxylic acids is 2. The van der Waals surface area contributed by atoms with Gasteiger partial charge in [-0.1, -0.05) is 47.1 Å². The molecule has 0 radical (unpaired) electrons. The lowest BCUT2D eigenvalue weighted by molar-refractivity contribution is -0.140. The van der Waals surface area contributed by atoms with E-state index in [9.17, 15) is 14.4 Å². The van der Waals surface area contributed by atoms with Gasteiger partial charge in [0.2, 0.25) is 0 Å². The summed E-state index contributed by atoms with van der Waals surface area (Å²) in [4.78, 5) is 40.0. The fraction of sp³-hybridized carbons (Fsp3) is 0.226. The highest BCUT2D eigenvalue weighted by atomic mass is 79.9. The summed E-state index contributed by atoms with van der Waals surface area (Å²) in [5.74, 6) is -1.05. The number of carboxylic acids is 1. The minimum Gasteiger partial charge on any atom is -0.490 e. The number of carbonyl (C=O) groups is 3. The number of anilines is 1. The van der Waals surface area contributed by atoms with E-state index in [2.05, 4.69) is 15.9 Å². The second-order valence-electron chi connectivity index (χ2n) is 9.18. The molecule has 1 aliphatic rings. The van der Waals surface area contributed by atoms with E-state index in [-0.39, 0.29) is 35.4 Å². The van der Waals surface area contributed by atoms with Crippen LogP contribution in [0.3, 0.4) is 0 Å². The molecule has 42 heavy (non-hydrogen) atoms. The van der Waals surface area contributed by atoms with Crippen LogP contribution in [-0.2, 0) is 27.4 Å². The van der Waals surface area contributed by atoms with Crippen LogP contribution in [0.25, 0.3) is 6.08 Å². The zero-order chi connectivity index (χ0) is 30.4. The summed E-state index contributed by atoms with van der Waals surface area (Å²) in [6.45, 7) is 4.18. The molecule has 0 spiro atoms. The molecular formula is C31H29BrN2O7S. The Kier molecular flexibility index (Phi) is 9.97. The lowest BCUT2D eigenvalue weighted by Crippen LogP contribution is -2.35. The Morgan fingerprint density at radius 2 is 1.62 bits per heavy atom. The van der Waals surface area contributed by atoms with Crippen molar-refractivity contribution in [2.75, 3.05) is 25.2 Å². The predicted octanol–water partition coefficient (Wildman–Crippen LogP) is 5.84. The Bertz CT molecular complexity index is 1540. The van der Waals surface area contributed by atoms with Gasteiger partial charge in [0.1, 0.15) is 18.8 Å². The third-order valence-electron chi connectivity index (χ3n) is 6.50. The minimum absolute atomic E-state index is 0.163. The van der Waals surface area contributed by atoms with E-state index in [0.717, 1.165) is 17.5 Å². The number of thiocarbonyl (C=S) groups is 1. The average Bonchev–Trinajstić information content (AvgIpc) is 3.21. The summed E-state index contributed by atoms with van der Waals surface area (Å²) in [7, 11) is 1.28. The zero-order valence-corrected chi connectivity index (χ0v) is 25.7. The number of methoxy groups -OCH3 is 1. The number of benzene rings is 3. The minimum atomic E-state index is -1.00. The second-order valence-corrected chi connectivity index (χ2v) is 10.4. The lowest BCUT2D eigenvalue weighted by atomic mass is 10.1. The molecule has 0 aromatic heterocycles. The number of aromatic carboxylic acids is 1. The van der Waals surface area contributed by atoms with Crippen molar-refractivity contribution < 1.29 is 33.7 Å². The van der Waals surface area contributed by atoms with Gasteiger partial charge in [0.25, 0.3) is 5.91 Å². The zero-order valence-electron chi connectivity index (χ0n) is 23.3. The molecule has 1 heterocycles. The molecule has 0 atom stereocenters. The first-order valence-corrected chi connectivity index (χ1v) is 14.3. The van der Waals surface area contributed by atoms with Crippen molar-refractivity contribution in [2.24, 2.45) is 0 Å². The molecule has 9 nitrogen and oxygen atoms in total. The first-order valence-electron chi connectivity index (χ1n) is 13.1. The van der Waals surface area contributed by atoms with Crippen LogP contribution in [0.5, 0.6) is 11.5 Å². The Morgan fingerprint density at radius 1 is 0.976 bits per heavy atom. The van der Waals surface area contributed by atoms with Crippen LogP contribution in [-0.4, -0.2) is 53.2 Å². The van der Waals surface area contributed by atoms with Gasteiger partial charge in [-0.2, -0.15) is 0 Å². The van der Waals surface area contributed by atoms with Crippen molar-refractivity contribution in [3.63, 3.8) is 0 Å². The van der Waals surface area contributed by atoms with Gasteiger partial charge in [-0.3, -0.25) is 14.5 Å². The standard InChI is InChI=1S/C31H29BrN2O7S/c1-4-19-8-12-23(13-9-19)34-29(36)25(33(31(34)42)17-28(35)39-3)14-22-15-26(40-5-2)27(16-24(22)32)41-18-20-6-10-21(11-7-20)30(37)38/h6-16H,4-5,17-18H2,1-3H3,(H,37,38)/b25-14-. The molecular weight excluding hydrogens is 624 g/mol. The molecule has 1 aliphatic heterocycles. The van der Waals surface area contributed by atoms with Crippen LogP contribution >= 0.6 is 28.1 Å². The molecule has 3 aromatic carbocycles. The summed E-state index contributed by atoms with van der Waals surface area (Å²) in [6.07, 6.45) is 2.49. The summed E-state index contributed by atoms with van der Waals surface area (Å²) in [5.41, 5.74) is 3.47. The van der Waals surface area contributed by atoms with Gasteiger partial charge in [0.05, 0.1) is 25.0 Å². The molecule has 1 amide bonds. The van der Waals surface area contributed by atoms with Crippen LogP contribution < -0.4 is 14.4 Å². The normalized spacial score (nSPS) is 14.0. The van der Waals surface area contributed by atoms with E-state index >= 15 is 0 Å². The fourth-order valence-electron chi connectivity index (χ4n) is 4.23. The average molecular weight is 654 g/mol.